The Hall–Kier alpha value is -1.49. The zero-order valence-electron chi connectivity index (χ0n) is 11.2. The average Bonchev–Trinajstić information content (AvgIpc) is 2.85. The number of carbonyl (C=O) groups is 1. The Morgan fingerprint density at radius 2 is 2.11 bits per heavy atom. The van der Waals surface area contributed by atoms with Gasteiger partial charge in [0.25, 0.3) is 0 Å². The van der Waals surface area contributed by atoms with E-state index in [1.165, 1.54) is 5.56 Å². The average molecular weight is 277 g/mol. The van der Waals surface area contributed by atoms with Gasteiger partial charge < -0.3 is 11.1 Å². The van der Waals surface area contributed by atoms with Crippen LogP contribution in [0.25, 0.3) is 0 Å². The molecule has 1 aliphatic heterocycles. The molecule has 19 heavy (non-hydrogen) atoms. The van der Waals surface area contributed by atoms with E-state index in [-0.39, 0.29) is 17.9 Å². The van der Waals surface area contributed by atoms with Crippen LogP contribution < -0.4 is 11.1 Å². The van der Waals surface area contributed by atoms with Gasteiger partial charge in [-0.15, -0.1) is 0 Å². The molecule has 0 bridgehead atoms. The molecule has 1 aliphatic rings. The summed E-state index contributed by atoms with van der Waals surface area (Å²) in [6, 6.07) is 9.91. The molecule has 5 heteroatoms. The molecule has 102 valence electrons. The Bertz CT molecular complexity index is 473. The Balaban J connectivity index is 1.97. The van der Waals surface area contributed by atoms with Gasteiger partial charge in [-0.2, -0.15) is 0 Å². The largest absolute Gasteiger partial charge is 0.368 e. The highest BCUT2D eigenvalue weighted by molar-refractivity contribution is 8.14. The van der Waals surface area contributed by atoms with Gasteiger partial charge in [0.2, 0.25) is 5.91 Å². The summed E-state index contributed by atoms with van der Waals surface area (Å²) in [7, 11) is 0. The fraction of sp³-hybridized carbons (Fsp3) is 0.429. The maximum absolute atomic E-state index is 11.4. The lowest BCUT2D eigenvalue weighted by Crippen LogP contribution is -2.46. The van der Waals surface area contributed by atoms with Gasteiger partial charge in [-0.05, 0) is 11.5 Å². The minimum absolute atomic E-state index is 0.150. The fourth-order valence-corrected chi connectivity index (χ4v) is 3.05. The monoisotopic (exact) mass is 277 g/mol. The van der Waals surface area contributed by atoms with E-state index >= 15 is 0 Å². The van der Waals surface area contributed by atoms with Crippen LogP contribution in [0.15, 0.2) is 35.3 Å². The molecule has 2 atom stereocenters. The van der Waals surface area contributed by atoms with E-state index in [0.29, 0.717) is 5.25 Å². The summed E-state index contributed by atoms with van der Waals surface area (Å²) in [4.78, 5) is 15.8. The number of rotatable bonds is 4. The first-order valence-electron chi connectivity index (χ1n) is 6.40. The van der Waals surface area contributed by atoms with Crippen molar-refractivity contribution in [3.05, 3.63) is 35.9 Å². The summed E-state index contributed by atoms with van der Waals surface area (Å²) in [6.07, 6.45) is 0. The topological polar surface area (TPSA) is 67.5 Å². The van der Waals surface area contributed by atoms with E-state index < -0.39 is 0 Å². The number of carbonyl (C=O) groups excluding carboxylic acids is 1. The predicted molar refractivity (Wildman–Crippen MR) is 80.0 cm³/mol. The first-order valence-corrected chi connectivity index (χ1v) is 7.28. The van der Waals surface area contributed by atoms with Gasteiger partial charge in [0.05, 0.1) is 11.8 Å². The summed E-state index contributed by atoms with van der Waals surface area (Å²) >= 11 is 1.66. The highest BCUT2D eigenvalue weighted by Crippen LogP contribution is 2.34. The number of thioether (sulfide) groups is 1. The number of nitrogens with two attached hydrogens (primary N) is 1. The van der Waals surface area contributed by atoms with Crippen LogP contribution in [-0.2, 0) is 4.79 Å². The van der Waals surface area contributed by atoms with Crippen molar-refractivity contribution in [3.8, 4) is 0 Å². The molecule has 0 aromatic heterocycles. The number of amidine groups is 1. The smallest absolute Gasteiger partial charge is 0.240 e. The van der Waals surface area contributed by atoms with Crippen LogP contribution in [0, 0.1) is 5.92 Å². The lowest BCUT2D eigenvalue weighted by Gasteiger charge is -2.19. The van der Waals surface area contributed by atoms with Gasteiger partial charge in [0.1, 0.15) is 6.04 Å². The summed E-state index contributed by atoms with van der Waals surface area (Å²) in [5.74, 6) is -0.182. The van der Waals surface area contributed by atoms with Crippen molar-refractivity contribution in [2.24, 2.45) is 16.6 Å². The quantitative estimate of drug-likeness (QED) is 0.883. The number of nitrogens with zero attached hydrogens (tertiary/aromatic N) is 1. The highest BCUT2D eigenvalue weighted by Gasteiger charge is 2.26. The molecule has 2 rings (SSSR count). The number of nitrogens with one attached hydrogen (secondary N) is 1. The lowest BCUT2D eigenvalue weighted by molar-refractivity contribution is -0.120. The van der Waals surface area contributed by atoms with Gasteiger partial charge in [-0.3, -0.25) is 9.79 Å². The van der Waals surface area contributed by atoms with Crippen LogP contribution in [0.5, 0.6) is 0 Å². The van der Waals surface area contributed by atoms with Crippen LogP contribution in [0.2, 0.25) is 0 Å². The molecule has 4 nitrogen and oxygen atoms in total. The number of benzene rings is 1. The van der Waals surface area contributed by atoms with E-state index in [4.69, 9.17) is 5.73 Å². The van der Waals surface area contributed by atoms with E-state index in [1.807, 2.05) is 32.0 Å². The molecule has 1 amide bonds. The zero-order valence-corrected chi connectivity index (χ0v) is 12.0. The van der Waals surface area contributed by atoms with Gasteiger partial charge in [-0.1, -0.05) is 55.9 Å². The molecule has 0 fully saturated rings. The second-order valence-corrected chi connectivity index (χ2v) is 6.12. The van der Waals surface area contributed by atoms with E-state index in [2.05, 4.69) is 22.4 Å². The van der Waals surface area contributed by atoms with Crippen molar-refractivity contribution >= 4 is 22.8 Å². The van der Waals surface area contributed by atoms with Gasteiger partial charge in [-0.25, -0.2) is 0 Å². The Morgan fingerprint density at radius 1 is 1.42 bits per heavy atom. The van der Waals surface area contributed by atoms with E-state index in [9.17, 15) is 4.79 Å². The van der Waals surface area contributed by atoms with Gasteiger partial charge in [0, 0.05) is 0 Å². The summed E-state index contributed by atoms with van der Waals surface area (Å²) in [5.41, 5.74) is 6.65. The van der Waals surface area contributed by atoms with E-state index in [0.717, 1.165) is 11.7 Å². The van der Waals surface area contributed by atoms with Gasteiger partial charge in [0.15, 0.2) is 5.17 Å². The lowest BCUT2D eigenvalue weighted by atomic mass is 10.0. The third kappa shape index (κ3) is 3.50. The molecule has 0 spiro atoms. The maximum Gasteiger partial charge on any atom is 0.240 e. The molecule has 1 heterocycles. The Labute approximate surface area is 117 Å². The van der Waals surface area contributed by atoms with Crippen LogP contribution in [0.1, 0.15) is 24.7 Å². The Morgan fingerprint density at radius 3 is 2.68 bits per heavy atom. The van der Waals surface area contributed by atoms with Crippen LogP contribution >= 0.6 is 11.8 Å². The molecular weight excluding hydrogens is 258 g/mol. The molecule has 1 aromatic carbocycles. The molecule has 0 saturated heterocycles. The second kappa shape index (κ2) is 6.10. The molecule has 0 radical (unpaired) electrons. The number of primary amides is 1. The van der Waals surface area contributed by atoms with Crippen LogP contribution in [0.3, 0.4) is 0 Å². The molecule has 0 aliphatic carbocycles. The van der Waals surface area contributed by atoms with Crippen molar-refractivity contribution in [1.29, 1.82) is 0 Å². The molecule has 1 aromatic rings. The van der Waals surface area contributed by atoms with E-state index in [1.54, 1.807) is 11.8 Å². The minimum atomic E-state index is -0.360. The third-order valence-corrected chi connectivity index (χ3v) is 4.25. The summed E-state index contributed by atoms with van der Waals surface area (Å²) in [6.45, 7) is 4.68. The van der Waals surface area contributed by atoms with Crippen molar-refractivity contribution in [3.63, 3.8) is 0 Å². The van der Waals surface area contributed by atoms with Crippen LogP contribution in [0.4, 0.5) is 0 Å². The summed E-state index contributed by atoms with van der Waals surface area (Å²) in [5, 5.41) is 4.29. The number of hydrogen-bond donors (Lipinski definition) is 2. The first-order chi connectivity index (χ1) is 9.08. The SMILES string of the molecule is CC(C)C(NC1=NCC(c2ccccc2)S1)C(N)=O. The van der Waals surface area contributed by atoms with Crippen LogP contribution in [-0.4, -0.2) is 23.7 Å². The maximum atomic E-state index is 11.4. The molecule has 3 N–H and O–H groups in total. The van der Waals surface area contributed by atoms with Crippen molar-refractivity contribution < 1.29 is 4.79 Å². The number of aliphatic imine (C=N–C) groups is 1. The first kappa shape index (κ1) is 13.9. The molecular formula is C14H19N3OS. The Kier molecular flexibility index (Phi) is 4.47. The van der Waals surface area contributed by atoms with Gasteiger partial charge >= 0.3 is 0 Å². The third-order valence-electron chi connectivity index (χ3n) is 3.08. The van der Waals surface area contributed by atoms with Crippen molar-refractivity contribution in [1.82, 2.24) is 5.32 Å². The summed E-state index contributed by atoms with van der Waals surface area (Å²) < 4.78 is 0. The predicted octanol–water partition coefficient (Wildman–Crippen LogP) is 1.93. The number of amides is 1. The molecule has 2 unspecified atom stereocenters. The van der Waals surface area contributed by atoms with Crippen molar-refractivity contribution in [2.45, 2.75) is 25.1 Å². The zero-order chi connectivity index (χ0) is 13.8. The normalized spacial score (nSPS) is 20.2. The minimum Gasteiger partial charge on any atom is -0.368 e. The second-order valence-electron chi connectivity index (χ2n) is 4.93. The highest BCUT2D eigenvalue weighted by atomic mass is 32.2. The van der Waals surface area contributed by atoms with Crippen molar-refractivity contribution in [2.75, 3.05) is 6.54 Å². The standard InChI is InChI=1S/C14H19N3OS/c1-9(2)12(13(15)18)17-14-16-8-11(19-14)10-6-4-3-5-7-10/h3-7,9,11-12H,8H2,1-2H3,(H2,15,18)(H,16,17). The number of hydrogen-bond acceptors (Lipinski definition) is 4. The molecule has 0 saturated carbocycles. The fourth-order valence-electron chi connectivity index (χ4n) is 2.00.